The molecule has 152 valence electrons. The fourth-order valence-corrected chi connectivity index (χ4v) is 3.90. The SMILES string of the molecule is Cc1ccc(C)c(S(=O)(=O)NCCNc2nccc(Oc3ccc(F)cc3)n2)c1. The Labute approximate surface area is 169 Å². The lowest BCUT2D eigenvalue weighted by molar-refractivity contribution is 0.460. The van der Waals surface area contributed by atoms with E-state index in [1.807, 2.05) is 13.0 Å². The molecule has 1 aromatic heterocycles. The number of nitrogens with zero attached hydrogens (tertiary/aromatic N) is 2. The van der Waals surface area contributed by atoms with Gasteiger partial charge in [-0.25, -0.2) is 22.5 Å². The van der Waals surface area contributed by atoms with E-state index in [-0.39, 0.29) is 35.6 Å². The van der Waals surface area contributed by atoms with Crippen molar-refractivity contribution >= 4 is 16.0 Å². The molecule has 0 amide bonds. The molecule has 0 saturated carbocycles. The molecule has 7 nitrogen and oxygen atoms in total. The van der Waals surface area contributed by atoms with Gasteiger partial charge in [0, 0.05) is 25.4 Å². The fourth-order valence-electron chi connectivity index (χ4n) is 2.54. The molecule has 2 aromatic carbocycles. The van der Waals surface area contributed by atoms with Gasteiger partial charge in [0.2, 0.25) is 21.9 Å². The van der Waals surface area contributed by atoms with Crippen LogP contribution in [0.1, 0.15) is 11.1 Å². The fraction of sp³-hybridized carbons (Fsp3) is 0.200. The summed E-state index contributed by atoms with van der Waals surface area (Å²) in [5, 5.41) is 2.94. The number of hydrogen-bond acceptors (Lipinski definition) is 6. The quantitative estimate of drug-likeness (QED) is 0.547. The Morgan fingerprint density at radius 2 is 1.79 bits per heavy atom. The van der Waals surface area contributed by atoms with Crippen LogP contribution in [-0.4, -0.2) is 31.5 Å². The van der Waals surface area contributed by atoms with E-state index in [1.165, 1.54) is 30.5 Å². The van der Waals surface area contributed by atoms with E-state index < -0.39 is 10.0 Å². The maximum absolute atomic E-state index is 13.0. The molecular formula is C20H21FN4O3S. The molecule has 9 heteroatoms. The topological polar surface area (TPSA) is 93.2 Å². The maximum Gasteiger partial charge on any atom is 0.240 e. The molecule has 29 heavy (non-hydrogen) atoms. The minimum absolute atomic E-state index is 0.155. The minimum atomic E-state index is -3.61. The van der Waals surface area contributed by atoms with Crippen LogP contribution in [0, 0.1) is 19.7 Å². The van der Waals surface area contributed by atoms with Gasteiger partial charge < -0.3 is 10.1 Å². The molecule has 0 unspecified atom stereocenters. The van der Waals surface area contributed by atoms with Gasteiger partial charge in [-0.05, 0) is 55.3 Å². The van der Waals surface area contributed by atoms with Crippen LogP contribution in [0.25, 0.3) is 0 Å². The van der Waals surface area contributed by atoms with Crippen LogP contribution in [0.5, 0.6) is 11.6 Å². The van der Waals surface area contributed by atoms with Crippen molar-refractivity contribution in [3.8, 4) is 11.6 Å². The summed E-state index contributed by atoms with van der Waals surface area (Å²) in [6.45, 7) is 4.04. The molecule has 0 aliphatic heterocycles. The number of halogens is 1. The lowest BCUT2D eigenvalue weighted by atomic mass is 10.2. The Kier molecular flexibility index (Phi) is 6.40. The van der Waals surface area contributed by atoms with E-state index in [4.69, 9.17) is 4.74 Å². The predicted octanol–water partition coefficient (Wildman–Crippen LogP) is 3.42. The monoisotopic (exact) mass is 416 g/mol. The molecule has 0 saturated heterocycles. The zero-order chi connectivity index (χ0) is 20.9. The highest BCUT2D eigenvalue weighted by Gasteiger charge is 2.16. The highest BCUT2D eigenvalue weighted by Crippen LogP contribution is 2.20. The number of rotatable bonds is 8. The molecule has 0 spiro atoms. The average molecular weight is 416 g/mol. The highest BCUT2D eigenvalue weighted by atomic mass is 32.2. The lowest BCUT2D eigenvalue weighted by Gasteiger charge is -2.11. The summed E-state index contributed by atoms with van der Waals surface area (Å²) in [6.07, 6.45) is 1.51. The van der Waals surface area contributed by atoms with Crippen LogP contribution in [0.3, 0.4) is 0 Å². The van der Waals surface area contributed by atoms with Gasteiger partial charge in [0.15, 0.2) is 0 Å². The third-order valence-electron chi connectivity index (χ3n) is 4.00. The summed E-state index contributed by atoms with van der Waals surface area (Å²) in [7, 11) is -3.61. The zero-order valence-electron chi connectivity index (χ0n) is 16.0. The van der Waals surface area contributed by atoms with E-state index in [9.17, 15) is 12.8 Å². The molecule has 1 heterocycles. The van der Waals surface area contributed by atoms with Gasteiger partial charge in [0.05, 0.1) is 4.90 Å². The molecular weight excluding hydrogens is 395 g/mol. The number of anilines is 1. The Bertz CT molecular complexity index is 1090. The van der Waals surface area contributed by atoms with Crippen molar-refractivity contribution in [1.29, 1.82) is 0 Å². The van der Waals surface area contributed by atoms with Gasteiger partial charge in [-0.2, -0.15) is 4.98 Å². The molecule has 0 atom stereocenters. The van der Waals surface area contributed by atoms with Crippen LogP contribution < -0.4 is 14.8 Å². The van der Waals surface area contributed by atoms with Crippen molar-refractivity contribution in [3.63, 3.8) is 0 Å². The van der Waals surface area contributed by atoms with E-state index in [1.54, 1.807) is 25.1 Å². The van der Waals surface area contributed by atoms with Gasteiger partial charge in [-0.15, -0.1) is 0 Å². The number of aryl methyl sites for hydroxylation is 2. The molecule has 0 fully saturated rings. The molecule has 0 aliphatic carbocycles. The predicted molar refractivity (Wildman–Crippen MR) is 108 cm³/mol. The van der Waals surface area contributed by atoms with Gasteiger partial charge in [0.25, 0.3) is 0 Å². The third kappa shape index (κ3) is 5.72. The molecule has 3 rings (SSSR count). The molecule has 0 aliphatic rings. The first-order chi connectivity index (χ1) is 13.8. The number of sulfonamides is 1. The normalized spacial score (nSPS) is 11.3. The summed E-state index contributed by atoms with van der Waals surface area (Å²) >= 11 is 0. The second-order valence-corrected chi connectivity index (χ2v) is 8.10. The van der Waals surface area contributed by atoms with Crippen molar-refractivity contribution < 1.29 is 17.5 Å². The third-order valence-corrected chi connectivity index (χ3v) is 5.60. The Morgan fingerprint density at radius 1 is 1.03 bits per heavy atom. The lowest BCUT2D eigenvalue weighted by Crippen LogP contribution is -2.29. The second-order valence-electron chi connectivity index (χ2n) is 6.37. The summed E-state index contributed by atoms with van der Waals surface area (Å²) in [4.78, 5) is 8.53. The van der Waals surface area contributed by atoms with Crippen LogP contribution in [-0.2, 0) is 10.0 Å². The van der Waals surface area contributed by atoms with Crippen LogP contribution >= 0.6 is 0 Å². The summed E-state index contributed by atoms with van der Waals surface area (Å²) in [5.41, 5.74) is 1.56. The number of aromatic nitrogens is 2. The molecule has 0 radical (unpaired) electrons. The van der Waals surface area contributed by atoms with Crippen LogP contribution in [0.15, 0.2) is 59.6 Å². The van der Waals surface area contributed by atoms with Crippen molar-refractivity contribution in [3.05, 3.63) is 71.7 Å². The Morgan fingerprint density at radius 3 is 2.55 bits per heavy atom. The first kappa shape index (κ1) is 20.7. The highest BCUT2D eigenvalue weighted by molar-refractivity contribution is 7.89. The van der Waals surface area contributed by atoms with Gasteiger partial charge in [0.1, 0.15) is 11.6 Å². The van der Waals surface area contributed by atoms with Crippen molar-refractivity contribution in [2.75, 3.05) is 18.4 Å². The molecule has 2 N–H and O–H groups in total. The van der Waals surface area contributed by atoms with E-state index >= 15 is 0 Å². The zero-order valence-corrected chi connectivity index (χ0v) is 16.8. The van der Waals surface area contributed by atoms with Crippen LogP contribution in [0.4, 0.5) is 10.3 Å². The summed E-state index contributed by atoms with van der Waals surface area (Å²) in [6, 6.07) is 12.4. The van der Waals surface area contributed by atoms with Crippen molar-refractivity contribution in [2.45, 2.75) is 18.7 Å². The van der Waals surface area contributed by atoms with Gasteiger partial charge in [-0.3, -0.25) is 0 Å². The smallest absolute Gasteiger partial charge is 0.240 e. The minimum Gasteiger partial charge on any atom is -0.439 e. The van der Waals surface area contributed by atoms with Crippen molar-refractivity contribution in [1.82, 2.24) is 14.7 Å². The van der Waals surface area contributed by atoms with E-state index in [0.29, 0.717) is 11.3 Å². The maximum atomic E-state index is 13.0. The molecule has 3 aromatic rings. The number of benzene rings is 2. The van der Waals surface area contributed by atoms with E-state index in [0.717, 1.165) is 5.56 Å². The first-order valence-electron chi connectivity index (χ1n) is 8.91. The number of nitrogens with one attached hydrogen (secondary N) is 2. The largest absolute Gasteiger partial charge is 0.439 e. The van der Waals surface area contributed by atoms with Gasteiger partial charge >= 0.3 is 0 Å². The average Bonchev–Trinajstić information content (AvgIpc) is 2.69. The first-order valence-corrected chi connectivity index (χ1v) is 10.4. The van der Waals surface area contributed by atoms with E-state index in [2.05, 4.69) is 20.0 Å². The van der Waals surface area contributed by atoms with Crippen LogP contribution in [0.2, 0.25) is 0 Å². The number of ether oxygens (including phenoxy) is 1. The molecule has 0 bridgehead atoms. The Hall–Kier alpha value is -3.04. The van der Waals surface area contributed by atoms with Gasteiger partial charge in [-0.1, -0.05) is 12.1 Å². The standard InChI is InChI=1S/C20H21FN4O3S/c1-14-3-4-15(2)18(13-14)29(26,27)24-12-11-23-20-22-10-9-19(25-20)28-17-7-5-16(21)6-8-17/h3-10,13,24H,11-12H2,1-2H3,(H,22,23,25). The second kappa shape index (κ2) is 8.97. The number of hydrogen-bond donors (Lipinski definition) is 2. The summed E-state index contributed by atoms with van der Waals surface area (Å²) < 4.78 is 46.0. The summed E-state index contributed by atoms with van der Waals surface area (Å²) in [5.74, 6) is 0.656. The van der Waals surface area contributed by atoms with Crippen molar-refractivity contribution in [2.24, 2.45) is 0 Å². The Balaban J connectivity index is 1.55.